The Bertz CT molecular complexity index is 592. The van der Waals surface area contributed by atoms with Crippen LogP contribution in [0.1, 0.15) is 72.1 Å². The highest BCUT2D eigenvalue weighted by Crippen LogP contribution is 2.37. The van der Waals surface area contributed by atoms with Crippen molar-refractivity contribution in [3.63, 3.8) is 0 Å². The van der Waals surface area contributed by atoms with Gasteiger partial charge in [-0.2, -0.15) is 0 Å². The summed E-state index contributed by atoms with van der Waals surface area (Å²) in [4.78, 5) is 11.4. The van der Waals surface area contributed by atoms with Crippen molar-refractivity contribution in [2.45, 2.75) is 78.8 Å². The molecular weight excluding hydrogens is 302 g/mol. The minimum atomic E-state index is -0.868. The zero-order chi connectivity index (χ0) is 18.9. The second-order valence-electron chi connectivity index (χ2n) is 8.97. The molecule has 136 valence electrons. The minimum Gasteiger partial charge on any atom is -0.507 e. The van der Waals surface area contributed by atoms with Crippen molar-refractivity contribution in [1.29, 1.82) is 0 Å². The van der Waals surface area contributed by atoms with Crippen molar-refractivity contribution in [3.05, 3.63) is 28.8 Å². The molecule has 0 spiro atoms. The molecule has 0 aliphatic carbocycles. The van der Waals surface area contributed by atoms with Crippen LogP contribution < -0.4 is 5.32 Å². The van der Waals surface area contributed by atoms with Gasteiger partial charge in [0.05, 0.1) is 0 Å². The Labute approximate surface area is 146 Å². The Morgan fingerprint density at radius 3 is 2.00 bits per heavy atom. The molecule has 0 aliphatic heterocycles. The first-order chi connectivity index (χ1) is 10.7. The van der Waals surface area contributed by atoms with Gasteiger partial charge in [-0.25, -0.2) is 0 Å². The smallest absolute Gasteiger partial charge is 0.320 e. The van der Waals surface area contributed by atoms with Gasteiger partial charge < -0.3 is 10.2 Å². The van der Waals surface area contributed by atoms with E-state index in [-0.39, 0.29) is 22.5 Å². The summed E-state index contributed by atoms with van der Waals surface area (Å²) in [6, 6.07) is 3.41. The quantitative estimate of drug-likeness (QED) is 0.755. The Morgan fingerprint density at radius 2 is 1.62 bits per heavy atom. The number of carbonyl (C=O) groups is 1. The van der Waals surface area contributed by atoms with Gasteiger partial charge in [-0.15, -0.1) is 0 Å². The first-order valence-corrected chi connectivity index (χ1v) is 8.58. The zero-order valence-electron chi connectivity index (χ0n) is 16.3. The number of benzene rings is 1. The molecule has 1 atom stereocenters. The molecule has 0 aromatic heterocycles. The number of nitrogens with one attached hydrogen (secondary N) is 1. The van der Waals surface area contributed by atoms with Crippen molar-refractivity contribution in [2.24, 2.45) is 5.92 Å². The van der Waals surface area contributed by atoms with Crippen LogP contribution in [-0.2, 0) is 22.2 Å². The summed E-state index contributed by atoms with van der Waals surface area (Å²) >= 11 is 0. The predicted octanol–water partition coefficient (Wildman–Crippen LogP) is 4.19. The van der Waals surface area contributed by atoms with Gasteiger partial charge in [0.25, 0.3) is 0 Å². The molecule has 0 amide bonds. The van der Waals surface area contributed by atoms with E-state index >= 15 is 0 Å². The molecule has 0 fully saturated rings. The lowest BCUT2D eigenvalue weighted by Gasteiger charge is -2.28. The van der Waals surface area contributed by atoms with E-state index in [2.05, 4.69) is 52.9 Å². The van der Waals surface area contributed by atoms with Gasteiger partial charge in [0.15, 0.2) is 0 Å². The molecular formula is C20H33NO3. The summed E-state index contributed by atoms with van der Waals surface area (Å²) < 4.78 is 0. The fourth-order valence-corrected chi connectivity index (χ4v) is 2.66. The van der Waals surface area contributed by atoms with Crippen molar-refractivity contribution in [1.82, 2.24) is 5.32 Å². The SMILES string of the molecule is CC(C)C(NCc1cc(C(C)(C)C)cc(C(C)(C)C)c1O)C(=O)O. The topological polar surface area (TPSA) is 69.6 Å². The summed E-state index contributed by atoms with van der Waals surface area (Å²) in [5.41, 5.74) is 2.54. The molecule has 4 heteroatoms. The van der Waals surface area contributed by atoms with Gasteiger partial charge in [-0.1, -0.05) is 67.5 Å². The van der Waals surface area contributed by atoms with Crippen LogP contribution >= 0.6 is 0 Å². The number of rotatable bonds is 5. The van der Waals surface area contributed by atoms with E-state index in [0.29, 0.717) is 6.54 Å². The van der Waals surface area contributed by atoms with E-state index < -0.39 is 12.0 Å². The molecule has 1 aromatic rings. The van der Waals surface area contributed by atoms with Crippen molar-refractivity contribution in [2.75, 3.05) is 0 Å². The fraction of sp³-hybridized carbons (Fsp3) is 0.650. The summed E-state index contributed by atoms with van der Waals surface area (Å²) in [6.07, 6.45) is 0. The normalized spacial score (nSPS) is 14.0. The Morgan fingerprint density at radius 1 is 1.08 bits per heavy atom. The van der Waals surface area contributed by atoms with E-state index in [4.69, 9.17) is 0 Å². The van der Waals surface area contributed by atoms with E-state index in [0.717, 1.165) is 16.7 Å². The van der Waals surface area contributed by atoms with Gasteiger partial charge in [-0.3, -0.25) is 10.1 Å². The molecule has 0 saturated carbocycles. The minimum absolute atomic E-state index is 0.0301. The van der Waals surface area contributed by atoms with Gasteiger partial charge in [0, 0.05) is 12.1 Å². The number of carboxylic acids is 1. The van der Waals surface area contributed by atoms with Gasteiger partial charge in [0.1, 0.15) is 11.8 Å². The van der Waals surface area contributed by atoms with Crippen molar-refractivity contribution in [3.8, 4) is 5.75 Å². The van der Waals surface area contributed by atoms with Gasteiger partial charge >= 0.3 is 5.97 Å². The Hall–Kier alpha value is -1.55. The van der Waals surface area contributed by atoms with Crippen LogP contribution in [-0.4, -0.2) is 22.2 Å². The Balaban J connectivity index is 3.29. The van der Waals surface area contributed by atoms with Gasteiger partial charge in [0.2, 0.25) is 0 Å². The molecule has 1 rings (SSSR count). The number of phenolic OH excluding ortho intramolecular Hbond substituents is 1. The van der Waals surface area contributed by atoms with Crippen molar-refractivity contribution < 1.29 is 15.0 Å². The molecule has 0 heterocycles. The van der Waals surface area contributed by atoms with Crippen LogP contribution in [0.5, 0.6) is 5.75 Å². The highest BCUT2D eigenvalue weighted by molar-refractivity contribution is 5.73. The predicted molar refractivity (Wildman–Crippen MR) is 98.6 cm³/mol. The number of aliphatic carboxylic acids is 1. The number of hydrogen-bond acceptors (Lipinski definition) is 3. The summed E-state index contributed by atoms with van der Waals surface area (Å²) in [5, 5.41) is 23.1. The van der Waals surface area contributed by atoms with Crippen molar-refractivity contribution >= 4 is 5.97 Å². The average molecular weight is 335 g/mol. The summed E-state index contributed by atoms with van der Waals surface area (Å²) in [7, 11) is 0. The van der Waals surface area contributed by atoms with Crippen LogP contribution in [0.4, 0.5) is 0 Å². The molecule has 0 radical (unpaired) electrons. The number of carboxylic acid groups (broad SMARTS) is 1. The molecule has 1 aromatic carbocycles. The maximum absolute atomic E-state index is 11.4. The molecule has 0 aliphatic rings. The standard InChI is InChI=1S/C20H33NO3/c1-12(2)16(18(23)24)21-11-13-9-14(19(3,4)5)10-15(17(13)22)20(6,7)8/h9-10,12,16,21-22H,11H2,1-8H3,(H,23,24). The molecule has 1 unspecified atom stereocenters. The van der Waals surface area contributed by atoms with E-state index in [1.54, 1.807) is 0 Å². The van der Waals surface area contributed by atoms with Crippen LogP contribution in [0.25, 0.3) is 0 Å². The molecule has 4 nitrogen and oxygen atoms in total. The number of hydrogen-bond donors (Lipinski definition) is 3. The van der Waals surface area contributed by atoms with E-state index in [1.807, 2.05) is 19.9 Å². The maximum Gasteiger partial charge on any atom is 0.320 e. The third-order valence-electron chi connectivity index (χ3n) is 4.31. The third kappa shape index (κ3) is 4.97. The molecule has 24 heavy (non-hydrogen) atoms. The van der Waals surface area contributed by atoms with Crippen LogP contribution in [0.2, 0.25) is 0 Å². The maximum atomic E-state index is 11.4. The summed E-state index contributed by atoms with van der Waals surface area (Å²) in [6.45, 7) is 16.7. The van der Waals surface area contributed by atoms with Crippen LogP contribution in [0.3, 0.4) is 0 Å². The lowest BCUT2D eigenvalue weighted by molar-refractivity contribution is -0.140. The lowest BCUT2D eigenvalue weighted by atomic mass is 9.79. The first kappa shape index (κ1) is 20.5. The average Bonchev–Trinajstić information content (AvgIpc) is 2.37. The monoisotopic (exact) mass is 335 g/mol. The first-order valence-electron chi connectivity index (χ1n) is 8.58. The van der Waals surface area contributed by atoms with E-state index in [9.17, 15) is 15.0 Å². The number of phenols is 1. The second-order valence-corrected chi connectivity index (χ2v) is 8.97. The van der Waals surface area contributed by atoms with Crippen LogP contribution in [0, 0.1) is 5.92 Å². The summed E-state index contributed by atoms with van der Waals surface area (Å²) in [5.74, 6) is -0.638. The molecule has 3 N–H and O–H groups in total. The Kier molecular flexibility index (Phi) is 6.10. The van der Waals surface area contributed by atoms with Crippen LogP contribution in [0.15, 0.2) is 12.1 Å². The lowest BCUT2D eigenvalue weighted by Crippen LogP contribution is -2.40. The highest BCUT2D eigenvalue weighted by Gasteiger charge is 2.26. The third-order valence-corrected chi connectivity index (χ3v) is 4.31. The largest absolute Gasteiger partial charge is 0.507 e. The number of aromatic hydroxyl groups is 1. The van der Waals surface area contributed by atoms with Gasteiger partial charge in [-0.05, 0) is 27.9 Å². The fourth-order valence-electron chi connectivity index (χ4n) is 2.66. The second kappa shape index (κ2) is 7.14. The molecule has 0 bridgehead atoms. The zero-order valence-corrected chi connectivity index (χ0v) is 16.3. The highest BCUT2D eigenvalue weighted by atomic mass is 16.4. The van der Waals surface area contributed by atoms with E-state index in [1.165, 1.54) is 0 Å². The molecule has 0 saturated heterocycles.